The number of rotatable bonds is 4. The Morgan fingerprint density at radius 2 is 2.05 bits per heavy atom. The zero-order chi connectivity index (χ0) is 14.0. The van der Waals surface area contributed by atoms with Crippen molar-refractivity contribution in [3.05, 3.63) is 35.5 Å². The fraction of sp³-hybridized carbons (Fsp3) is 0.286. The van der Waals surface area contributed by atoms with Crippen LogP contribution in [0.1, 0.15) is 12.5 Å². The molecule has 0 radical (unpaired) electrons. The molecule has 0 aliphatic carbocycles. The Morgan fingerprint density at radius 1 is 1.32 bits per heavy atom. The van der Waals surface area contributed by atoms with Crippen LogP contribution in [0.15, 0.2) is 30.0 Å². The van der Waals surface area contributed by atoms with Crippen molar-refractivity contribution in [2.24, 2.45) is 0 Å². The topological polar surface area (TPSA) is 58.6 Å². The highest BCUT2D eigenvalue weighted by Gasteiger charge is 2.30. The van der Waals surface area contributed by atoms with Crippen molar-refractivity contribution in [2.45, 2.75) is 13.8 Å². The lowest BCUT2D eigenvalue weighted by atomic mass is 10.2. The van der Waals surface area contributed by atoms with E-state index in [0.29, 0.717) is 18.0 Å². The third kappa shape index (κ3) is 2.45. The summed E-state index contributed by atoms with van der Waals surface area (Å²) in [5, 5.41) is 2.97. The molecule has 0 saturated heterocycles. The van der Waals surface area contributed by atoms with E-state index >= 15 is 0 Å². The Morgan fingerprint density at radius 3 is 2.63 bits per heavy atom. The quantitative estimate of drug-likeness (QED) is 0.837. The molecule has 19 heavy (non-hydrogen) atoms. The second kappa shape index (κ2) is 5.14. The maximum Gasteiger partial charge on any atom is 0.277 e. The van der Waals surface area contributed by atoms with Gasteiger partial charge in [0.1, 0.15) is 11.4 Å². The molecule has 5 nitrogen and oxygen atoms in total. The van der Waals surface area contributed by atoms with Crippen LogP contribution in [0.4, 0.5) is 5.69 Å². The fourth-order valence-electron chi connectivity index (χ4n) is 1.96. The number of anilines is 1. The predicted octanol–water partition coefficient (Wildman–Crippen LogP) is 1.69. The molecule has 1 aromatic rings. The highest BCUT2D eigenvalue weighted by Crippen LogP contribution is 2.27. The van der Waals surface area contributed by atoms with Crippen LogP contribution in [0.5, 0.6) is 5.75 Å². The minimum absolute atomic E-state index is 0.274. The van der Waals surface area contributed by atoms with Gasteiger partial charge in [0.05, 0.1) is 12.8 Å². The predicted molar refractivity (Wildman–Crippen MR) is 71.8 cm³/mol. The minimum atomic E-state index is -0.309. The van der Waals surface area contributed by atoms with Crippen LogP contribution in [0.3, 0.4) is 0 Å². The number of carbonyl (C=O) groups excluding carboxylic acids is 2. The molecule has 1 aromatic carbocycles. The summed E-state index contributed by atoms with van der Waals surface area (Å²) in [5.41, 5.74) is 1.98. The van der Waals surface area contributed by atoms with Crippen molar-refractivity contribution >= 4 is 17.5 Å². The summed E-state index contributed by atoms with van der Waals surface area (Å²) in [5.74, 6) is 0.0272. The average Bonchev–Trinajstić information content (AvgIpc) is 2.64. The molecule has 0 aromatic heterocycles. The van der Waals surface area contributed by atoms with Gasteiger partial charge in [0, 0.05) is 12.6 Å². The van der Waals surface area contributed by atoms with Crippen molar-refractivity contribution in [3.8, 4) is 5.75 Å². The van der Waals surface area contributed by atoms with E-state index in [0.717, 1.165) is 5.56 Å². The number of amides is 2. The van der Waals surface area contributed by atoms with Gasteiger partial charge >= 0.3 is 0 Å². The molecule has 100 valence electrons. The second-order valence-corrected chi connectivity index (χ2v) is 4.27. The number of hydrogen-bond acceptors (Lipinski definition) is 4. The maximum absolute atomic E-state index is 12.0. The standard InChI is InChI=1S/C14H16N2O3/c1-4-16-13(17)8-11(14(16)18)15-10-7-9(2)5-6-12(10)19-3/h5-8,15H,4H2,1-3H3. The van der Waals surface area contributed by atoms with Gasteiger partial charge < -0.3 is 10.1 Å². The molecule has 2 rings (SSSR count). The Hall–Kier alpha value is -2.30. The molecule has 0 atom stereocenters. The normalized spacial score (nSPS) is 14.7. The van der Waals surface area contributed by atoms with E-state index in [-0.39, 0.29) is 17.5 Å². The van der Waals surface area contributed by atoms with Gasteiger partial charge in [0.15, 0.2) is 0 Å². The highest BCUT2D eigenvalue weighted by atomic mass is 16.5. The largest absolute Gasteiger partial charge is 0.495 e. The summed E-state index contributed by atoms with van der Waals surface area (Å²) in [6.07, 6.45) is 1.31. The molecule has 1 heterocycles. The Balaban J connectivity index is 2.28. The fourth-order valence-corrected chi connectivity index (χ4v) is 1.96. The molecule has 0 fully saturated rings. The SMILES string of the molecule is CCN1C(=O)C=C(Nc2cc(C)ccc2OC)C1=O. The van der Waals surface area contributed by atoms with Crippen LogP contribution in [-0.4, -0.2) is 30.4 Å². The summed E-state index contributed by atoms with van der Waals surface area (Å²) in [6, 6.07) is 5.60. The Bertz CT molecular complexity index is 564. The first-order valence-corrected chi connectivity index (χ1v) is 6.06. The summed E-state index contributed by atoms with van der Waals surface area (Å²) in [4.78, 5) is 24.7. The van der Waals surface area contributed by atoms with Gasteiger partial charge in [-0.05, 0) is 31.5 Å². The number of nitrogens with one attached hydrogen (secondary N) is 1. The molecule has 1 aliphatic rings. The lowest BCUT2D eigenvalue weighted by Gasteiger charge is -2.14. The summed E-state index contributed by atoms with van der Waals surface area (Å²) in [6.45, 7) is 4.07. The number of benzene rings is 1. The smallest absolute Gasteiger partial charge is 0.277 e. The van der Waals surface area contributed by atoms with E-state index in [9.17, 15) is 9.59 Å². The van der Waals surface area contributed by atoms with Gasteiger partial charge in [-0.2, -0.15) is 0 Å². The van der Waals surface area contributed by atoms with Crippen LogP contribution in [0, 0.1) is 6.92 Å². The summed E-state index contributed by atoms with van der Waals surface area (Å²) >= 11 is 0. The maximum atomic E-state index is 12.0. The van der Waals surface area contributed by atoms with E-state index in [1.165, 1.54) is 11.0 Å². The van der Waals surface area contributed by atoms with Crippen molar-refractivity contribution in [2.75, 3.05) is 19.0 Å². The van der Waals surface area contributed by atoms with E-state index < -0.39 is 0 Å². The van der Waals surface area contributed by atoms with E-state index in [1.807, 2.05) is 25.1 Å². The van der Waals surface area contributed by atoms with Gasteiger partial charge in [-0.25, -0.2) is 0 Å². The monoisotopic (exact) mass is 260 g/mol. The molecule has 5 heteroatoms. The lowest BCUT2D eigenvalue weighted by molar-refractivity contribution is -0.136. The average molecular weight is 260 g/mol. The van der Waals surface area contributed by atoms with Crippen LogP contribution >= 0.6 is 0 Å². The molecule has 0 bridgehead atoms. The van der Waals surface area contributed by atoms with Crippen LogP contribution in [-0.2, 0) is 9.59 Å². The Kier molecular flexibility index (Phi) is 3.55. The van der Waals surface area contributed by atoms with Crippen LogP contribution < -0.4 is 10.1 Å². The molecule has 0 unspecified atom stereocenters. The van der Waals surface area contributed by atoms with Crippen molar-refractivity contribution in [1.29, 1.82) is 0 Å². The van der Waals surface area contributed by atoms with Crippen molar-refractivity contribution < 1.29 is 14.3 Å². The molecular formula is C14H16N2O3. The number of ether oxygens (including phenoxy) is 1. The first kappa shape index (κ1) is 13.1. The molecule has 1 N–H and O–H groups in total. The number of carbonyl (C=O) groups is 2. The molecular weight excluding hydrogens is 244 g/mol. The number of nitrogens with zero attached hydrogens (tertiary/aromatic N) is 1. The van der Waals surface area contributed by atoms with Gasteiger partial charge in [-0.15, -0.1) is 0 Å². The van der Waals surface area contributed by atoms with Crippen molar-refractivity contribution in [3.63, 3.8) is 0 Å². The number of likely N-dealkylation sites (N-methyl/N-ethyl adjacent to an activating group) is 1. The van der Waals surface area contributed by atoms with E-state index in [4.69, 9.17) is 4.74 Å². The zero-order valence-corrected chi connectivity index (χ0v) is 11.2. The van der Waals surface area contributed by atoms with Gasteiger partial charge in [0.2, 0.25) is 0 Å². The lowest BCUT2D eigenvalue weighted by Crippen LogP contribution is -2.31. The first-order valence-electron chi connectivity index (χ1n) is 6.06. The second-order valence-electron chi connectivity index (χ2n) is 4.27. The van der Waals surface area contributed by atoms with Gasteiger partial charge in [-0.3, -0.25) is 14.5 Å². The zero-order valence-electron chi connectivity index (χ0n) is 11.2. The van der Waals surface area contributed by atoms with Crippen LogP contribution in [0.2, 0.25) is 0 Å². The van der Waals surface area contributed by atoms with Gasteiger partial charge in [0.25, 0.3) is 11.8 Å². The minimum Gasteiger partial charge on any atom is -0.495 e. The number of methoxy groups -OCH3 is 1. The molecule has 0 saturated carbocycles. The van der Waals surface area contributed by atoms with Crippen LogP contribution in [0.25, 0.3) is 0 Å². The van der Waals surface area contributed by atoms with Crippen molar-refractivity contribution in [1.82, 2.24) is 4.90 Å². The summed E-state index contributed by atoms with van der Waals surface area (Å²) in [7, 11) is 1.56. The number of imide groups is 1. The molecule has 1 aliphatic heterocycles. The molecule has 0 spiro atoms. The number of aryl methyl sites for hydroxylation is 1. The van der Waals surface area contributed by atoms with E-state index in [1.54, 1.807) is 14.0 Å². The Labute approximate surface area is 111 Å². The molecule has 2 amide bonds. The third-order valence-electron chi connectivity index (χ3n) is 2.95. The highest BCUT2D eigenvalue weighted by molar-refractivity contribution is 6.17. The number of hydrogen-bond donors (Lipinski definition) is 1. The summed E-state index contributed by atoms with van der Waals surface area (Å²) < 4.78 is 5.23. The third-order valence-corrected chi connectivity index (χ3v) is 2.95. The van der Waals surface area contributed by atoms with Gasteiger partial charge in [-0.1, -0.05) is 6.07 Å². The first-order chi connectivity index (χ1) is 9.06. The van der Waals surface area contributed by atoms with E-state index in [2.05, 4.69) is 5.32 Å².